The van der Waals surface area contributed by atoms with E-state index >= 15 is 0 Å². The van der Waals surface area contributed by atoms with E-state index < -0.39 is 6.61 Å². The summed E-state index contributed by atoms with van der Waals surface area (Å²) in [6.07, 6.45) is 4.06. The molecule has 0 amide bonds. The molecule has 4 rings (SSSR count). The van der Waals surface area contributed by atoms with E-state index in [2.05, 4.69) is 34.2 Å². The van der Waals surface area contributed by atoms with Crippen molar-refractivity contribution < 1.29 is 13.5 Å². The summed E-state index contributed by atoms with van der Waals surface area (Å²) in [5.74, 6) is 0.445. The molecular weight excluding hydrogens is 420 g/mol. The predicted molar refractivity (Wildman–Crippen MR) is 119 cm³/mol. The fourth-order valence-corrected chi connectivity index (χ4v) is 4.81. The standard InChI is InChI=1S/C22H27F2N5OS/c1-14(2)18-13-27-21-17(26-12-15-5-3-4-6-19(15)30-22(23)24)11-20(28-29(18)21)31-16-7-9-25-10-8-16/h3-6,11,13-14,16,22,25-26H,7-10,12H2,1-2H3. The van der Waals surface area contributed by atoms with Crippen LogP contribution in [-0.2, 0) is 6.54 Å². The van der Waals surface area contributed by atoms with E-state index in [-0.39, 0.29) is 11.7 Å². The number of anilines is 1. The third-order valence-electron chi connectivity index (χ3n) is 5.29. The van der Waals surface area contributed by atoms with Gasteiger partial charge >= 0.3 is 6.61 Å². The summed E-state index contributed by atoms with van der Waals surface area (Å²) in [4.78, 5) is 4.58. The number of nitrogens with one attached hydrogen (secondary N) is 2. The number of para-hydroxylation sites is 1. The lowest BCUT2D eigenvalue weighted by molar-refractivity contribution is -0.0504. The molecule has 1 fully saturated rings. The first-order chi connectivity index (χ1) is 15.0. The minimum atomic E-state index is -2.86. The molecule has 1 aromatic carbocycles. The van der Waals surface area contributed by atoms with Crippen LogP contribution in [0.1, 0.15) is 43.9 Å². The first kappa shape index (κ1) is 21.8. The van der Waals surface area contributed by atoms with Crippen LogP contribution < -0.4 is 15.4 Å². The van der Waals surface area contributed by atoms with Crippen molar-refractivity contribution in [2.75, 3.05) is 18.4 Å². The number of hydrogen-bond acceptors (Lipinski definition) is 6. The molecule has 0 atom stereocenters. The summed E-state index contributed by atoms with van der Waals surface area (Å²) in [5, 5.41) is 13.1. The molecule has 2 N–H and O–H groups in total. The summed E-state index contributed by atoms with van der Waals surface area (Å²) in [6, 6.07) is 8.83. The highest BCUT2D eigenvalue weighted by Crippen LogP contribution is 2.32. The van der Waals surface area contributed by atoms with Gasteiger partial charge < -0.3 is 15.4 Å². The summed E-state index contributed by atoms with van der Waals surface area (Å²) in [5.41, 5.74) is 3.24. The van der Waals surface area contributed by atoms with Crippen LogP contribution in [0, 0.1) is 0 Å². The number of piperidine rings is 1. The second-order valence-corrected chi connectivity index (χ2v) is 9.20. The number of rotatable bonds is 8. The zero-order valence-corrected chi connectivity index (χ0v) is 18.5. The maximum Gasteiger partial charge on any atom is 0.387 e. The number of imidazole rings is 1. The Morgan fingerprint density at radius 2 is 2.03 bits per heavy atom. The van der Waals surface area contributed by atoms with E-state index in [1.165, 1.54) is 0 Å². The molecule has 1 saturated heterocycles. The first-order valence-electron chi connectivity index (χ1n) is 10.5. The van der Waals surface area contributed by atoms with Crippen molar-refractivity contribution in [2.45, 2.75) is 56.0 Å². The van der Waals surface area contributed by atoms with E-state index in [4.69, 9.17) is 5.10 Å². The Bertz CT molecular complexity index is 1020. The average Bonchev–Trinajstić information content (AvgIpc) is 3.18. The molecule has 3 heterocycles. The zero-order chi connectivity index (χ0) is 21.8. The molecule has 31 heavy (non-hydrogen) atoms. The van der Waals surface area contributed by atoms with E-state index in [1.807, 2.05) is 22.8 Å². The van der Waals surface area contributed by atoms with Crippen LogP contribution in [-0.4, -0.2) is 39.5 Å². The maximum atomic E-state index is 12.8. The minimum Gasteiger partial charge on any atom is -0.434 e. The van der Waals surface area contributed by atoms with Crippen LogP contribution in [0.15, 0.2) is 41.6 Å². The fraction of sp³-hybridized carbons (Fsp3) is 0.455. The highest BCUT2D eigenvalue weighted by Gasteiger charge is 2.19. The summed E-state index contributed by atoms with van der Waals surface area (Å²) in [7, 11) is 0. The number of nitrogens with zero attached hydrogens (tertiary/aromatic N) is 3. The van der Waals surface area contributed by atoms with E-state index in [0.29, 0.717) is 17.4 Å². The number of hydrogen-bond donors (Lipinski definition) is 2. The van der Waals surface area contributed by atoms with Crippen molar-refractivity contribution in [1.82, 2.24) is 19.9 Å². The molecule has 1 aliphatic heterocycles. The van der Waals surface area contributed by atoms with Crippen molar-refractivity contribution in [1.29, 1.82) is 0 Å². The fourth-order valence-electron chi connectivity index (χ4n) is 3.68. The number of halogens is 2. The van der Waals surface area contributed by atoms with Crippen molar-refractivity contribution in [3.05, 3.63) is 47.8 Å². The van der Waals surface area contributed by atoms with E-state index in [1.54, 1.807) is 30.0 Å². The molecule has 0 spiro atoms. The van der Waals surface area contributed by atoms with Gasteiger partial charge in [0.1, 0.15) is 10.8 Å². The van der Waals surface area contributed by atoms with Gasteiger partial charge in [0.05, 0.1) is 17.6 Å². The number of aromatic nitrogens is 3. The summed E-state index contributed by atoms with van der Waals surface area (Å²) < 4.78 is 32.1. The normalized spacial score (nSPS) is 15.2. The van der Waals surface area contributed by atoms with Crippen LogP contribution in [0.5, 0.6) is 5.75 Å². The van der Waals surface area contributed by atoms with Gasteiger partial charge in [-0.05, 0) is 44.0 Å². The van der Waals surface area contributed by atoms with Crippen molar-refractivity contribution in [3.8, 4) is 5.75 Å². The van der Waals surface area contributed by atoms with Gasteiger partial charge in [-0.25, -0.2) is 9.50 Å². The highest BCUT2D eigenvalue weighted by molar-refractivity contribution is 7.99. The topological polar surface area (TPSA) is 63.5 Å². The average molecular weight is 448 g/mol. The first-order valence-corrected chi connectivity index (χ1v) is 11.4. The van der Waals surface area contributed by atoms with Crippen molar-refractivity contribution in [2.24, 2.45) is 0 Å². The second kappa shape index (κ2) is 9.82. The Morgan fingerprint density at radius 1 is 1.26 bits per heavy atom. The monoisotopic (exact) mass is 447 g/mol. The number of benzene rings is 1. The van der Waals surface area contributed by atoms with Gasteiger partial charge in [-0.15, -0.1) is 11.8 Å². The highest BCUT2D eigenvalue weighted by atomic mass is 32.2. The van der Waals surface area contributed by atoms with Gasteiger partial charge in [-0.2, -0.15) is 13.9 Å². The smallest absolute Gasteiger partial charge is 0.387 e. The van der Waals surface area contributed by atoms with Crippen LogP contribution in [0.3, 0.4) is 0 Å². The molecule has 1 aliphatic rings. The van der Waals surface area contributed by atoms with Crippen LogP contribution >= 0.6 is 11.8 Å². The molecule has 0 radical (unpaired) electrons. The molecule has 0 bridgehead atoms. The third kappa shape index (κ3) is 5.27. The molecular formula is C22H27F2N5OS. The third-order valence-corrected chi connectivity index (χ3v) is 6.54. The minimum absolute atomic E-state index is 0.172. The second-order valence-electron chi connectivity index (χ2n) is 7.88. The zero-order valence-electron chi connectivity index (χ0n) is 17.6. The molecule has 0 aliphatic carbocycles. The molecule has 9 heteroatoms. The van der Waals surface area contributed by atoms with Gasteiger partial charge in [-0.3, -0.25) is 0 Å². The SMILES string of the molecule is CC(C)c1cnc2c(NCc3ccccc3OC(F)F)cc(SC3CCNCC3)nn12. The van der Waals surface area contributed by atoms with Crippen LogP contribution in [0.2, 0.25) is 0 Å². The molecule has 6 nitrogen and oxygen atoms in total. The molecule has 0 saturated carbocycles. The Kier molecular flexibility index (Phi) is 6.92. The summed E-state index contributed by atoms with van der Waals surface area (Å²) >= 11 is 1.79. The Balaban J connectivity index is 1.63. The van der Waals surface area contributed by atoms with Crippen molar-refractivity contribution >= 4 is 23.1 Å². The van der Waals surface area contributed by atoms with Gasteiger partial charge in [0, 0.05) is 17.4 Å². The summed E-state index contributed by atoms with van der Waals surface area (Å²) in [6.45, 7) is 3.75. The number of thioether (sulfide) groups is 1. The van der Waals surface area contributed by atoms with Gasteiger partial charge in [0.15, 0.2) is 5.65 Å². The molecule has 166 valence electrons. The van der Waals surface area contributed by atoms with Crippen LogP contribution in [0.4, 0.5) is 14.5 Å². The molecule has 3 aromatic rings. The van der Waals surface area contributed by atoms with Gasteiger partial charge in [-0.1, -0.05) is 32.0 Å². The number of fused-ring (bicyclic) bond motifs is 1. The Labute approximate surface area is 184 Å². The van der Waals surface area contributed by atoms with Crippen LogP contribution in [0.25, 0.3) is 5.65 Å². The lowest BCUT2D eigenvalue weighted by Gasteiger charge is -2.22. The van der Waals surface area contributed by atoms with Gasteiger partial charge in [0.25, 0.3) is 0 Å². The lowest BCUT2D eigenvalue weighted by Crippen LogP contribution is -2.29. The quantitative estimate of drug-likeness (QED) is 0.512. The van der Waals surface area contributed by atoms with Crippen molar-refractivity contribution in [3.63, 3.8) is 0 Å². The predicted octanol–water partition coefficient (Wildman–Crippen LogP) is 4.91. The maximum absolute atomic E-state index is 12.8. The Morgan fingerprint density at radius 3 is 2.77 bits per heavy atom. The largest absolute Gasteiger partial charge is 0.434 e. The lowest BCUT2D eigenvalue weighted by atomic mass is 10.1. The number of alkyl halides is 2. The molecule has 2 aromatic heterocycles. The van der Waals surface area contributed by atoms with E-state index in [9.17, 15) is 8.78 Å². The number of ether oxygens (including phenoxy) is 1. The molecule has 0 unspecified atom stereocenters. The van der Waals surface area contributed by atoms with Gasteiger partial charge in [0.2, 0.25) is 0 Å². The Hall–Kier alpha value is -2.39. The van der Waals surface area contributed by atoms with E-state index in [0.717, 1.165) is 48.0 Å².